The lowest BCUT2D eigenvalue weighted by Crippen LogP contribution is -2.10. The number of nitrogens with zero attached hydrogens (tertiary/aromatic N) is 4. The number of hydrogen-bond acceptors (Lipinski definition) is 4. The van der Waals surface area contributed by atoms with Gasteiger partial charge in [0.05, 0.1) is 0 Å². The third-order valence-electron chi connectivity index (χ3n) is 17.7. The van der Waals surface area contributed by atoms with E-state index in [9.17, 15) is 0 Å². The maximum atomic E-state index is 2.33. The molecule has 94 heavy (non-hydrogen) atoms. The van der Waals surface area contributed by atoms with E-state index in [0.29, 0.717) is 0 Å². The molecule has 4 heteroatoms. The third-order valence-corrected chi connectivity index (χ3v) is 17.7. The summed E-state index contributed by atoms with van der Waals surface area (Å²) in [7, 11) is 0. The second kappa shape index (κ2) is 27.1. The highest BCUT2D eigenvalue weighted by atomic mass is 15.2. The Morgan fingerprint density at radius 3 is 0.521 bits per heavy atom. The lowest BCUT2D eigenvalue weighted by Gasteiger charge is -2.26. The van der Waals surface area contributed by atoms with Gasteiger partial charge in [0.2, 0.25) is 0 Å². The largest absolute Gasteiger partial charge is 0.311 e. The van der Waals surface area contributed by atoms with Crippen molar-refractivity contribution < 1.29 is 0 Å². The fourth-order valence-electron chi connectivity index (χ4n) is 12.8. The van der Waals surface area contributed by atoms with E-state index in [1.165, 1.54) is 22.3 Å². The normalized spacial score (nSPS) is 11.8. The van der Waals surface area contributed by atoms with E-state index in [0.717, 1.165) is 126 Å². The summed E-state index contributed by atoms with van der Waals surface area (Å²) in [5, 5.41) is 0. The highest BCUT2D eigenvalue weighted by Gasteiger charge is 2.19. The summed E-state index contributed by atoms with van der Waals surface area (Å²) in [5.74, 6) is 0. The number of anilines is 12. The van der Waals surface area contributed by atoms with Crippen molar-refractivity contribution in [2.24, 2.45) is 0 Å². The maximum Gasteiger partial charge on any atom is 0.0462 e. The standard InChI is InChI=1S/C90H68N4/c1-7-19-67(20-8-1)71-35-51-83(52-36-71)91(79-23-11-3-12-24-79)87-59-43-75(44-60-87)77-47-63-89(64-48-77)93(81-27-15-5-16-28-81)85-55-39-73(40-56-85)69-31-33-70(34-32-69)74-41-57-86(58-42-74)94(82-29-17-6-18-30-82)90-65-49-78(50-66-90)76-45-61-88(62-46-76)92(80-25-13-4-14-26-80)84-53-37-72(38-54-84)68-21-9-2-10-22-68/h1,3-9,11-66H,2,10H2. The number of hydrogen-bond donors (Lipinski definition) is 0. The molecule has 0 amide bonds. The van der Waals surface area contributed by atoms with Crippen LogP contribution < -0.4 is 19.6 Å². The topological polar surface area (TPSA) is 13.0 Å². The van der Waals surface area contributed by atoms with Gasteiger partial charge in [0.25, 0.3) is 0 Å². The van der Waals surface area contributed by atoms with E-state index in [4.69, 9.17) is 0 Å². The van der Waals surface area contributed by atoms with Gasteiger partial charge in [-0.3, -0.25) is 0 Å². The average Bonchev–Trinajstić information content (AvgIpc) is 1.04. The van der Waals surface area contributed by atoms with Crippen molar-refractivity contribution >= 4 is 73.8 Å². The summed E-state index contributed by atoms with van der Waals surface area (Å²) >= 11 is 0. The van der Waals surface area contributed by atoms with Crippen molar-refractivity contribution in [1.82, 2.24) is 0 Å². The van der Waals surface area contributed by atoms with Crippen molar-refractivity contribution in [2.75, 3.05) is 19.6 Å². The second-order valence-electron chi connectivity index (χ2n) is 23.6. The molecule has 0 aliphatic heterocycles. The van der Waals surface area contributed by atoms with Crippen molar-refractivity contribution in [3.8, 4) is 55.6 Å². The zero-order valence-corrected chi connectivity index (χ0v) is 52.2. The van der Waals surface area contributed by atoms with Gasteiger partial charge in [-0.05, 0) is 225 Å². The summed E-state index contributed by atoms with van der Waals surface area (Å²) in [6.45, 7) is 0. The van der Waals surface area contributed by atoms with Crippen LogP contribution in [0.5, 0.6) is 0 Å². The molecule has 14 aromatic rings. The zero-order chi connectivity index (χ0) is 62.8. The van der Waals surface area contributed by atoms with Crippen molar-refractivity contribution in [3.05, 3.63) is 394 Å². The van der Waals surface area contributed by atoms with E-state index in [-0.39, 0.29) is 0 Å². The molecule has 448 valence electrons. The summed E-state index contributed by atoms with van der Waals surface area (Å²) in [6.07, 6.45) is 9.04. The van der Waals surface area contributed by atoms with Gasteiger partial charge in [0, 0.05) is 68.2 Å². The molecule has 15 rings (SSSR count). The van der Waals surface area contributed by atoms with Crippen LogP contribution in [0.15, 0.2) is 388 Å². The lowest BCUT2D eigenvalue weighted by molar-refractivity contribution is 1.04. The Morgan fingerprint density at radius 2 is 0.319 bits per heavy atom. The molecule has 1 aliphatic rings. The fraction of sp³-hybridized carbons (Fsp3) is 0.0222. The summed E-state index contributed by atoms with van der Waals surface area (Å²) in [5.41, 5.74) is 27.4. The molecular formula is C90H68N4. The average molecular weight is 1210 g/mol. The highest BCUT2D eigenvalue weighted by molar-refractivity contribution is 5.86. The van der Waals surface area contributed by atoms with Crippen LogP contribution in [0.25, 0.3) is 61.2 Å². The Kier molecular flexibility index (Phi) is 16.7. The zero-order valence-electron chi connectivity index (χ0n) is 52.2. The molecule has 0 fully saturated rings. The summed E-state index contributed by atoms with van der Waals surface area (Å²) in [4.78, 5) is 9.30. The van der Waals surface area contributed by atoms with Crippen LogP contribution in [0.4, 0.5) is 68.2 Å². The van der Waals surface area contributed by atoms with E-state index < -0.39 is 0 Å². The summed E-state index contributed by atoms with van der Waals surface area (Å²) < 4.78 is 0. The minimum Gasteiger partial charge on any atom is -0.311 e. The molecule has 1 aliphatic carbocycles. The van der Waals surface area contributed by atoms with Crippen molar-refractivity contribution in [2.45, 2.75) is 12.8 Å². The first-order valence-corrected chi connectivity index (χ1v) is 32.4. The van der Waals surface area contributed by atoms with Gasteiger partial charge < -0.3 is 19.6 Å². The Hall–Kier alpha value is -12.2. The van der Waals surface area contributed by atoms with Crippen molar-refractivity contribution in [1.29, 1.82) is 0 Å². The Morgan fingerprint density at radius 1 is 0.149 bits per heavy atom. The first kappa shape index (κ1) is 58.2. The molecule has 0 N–H and O–H groups in total. The molecule has 0 bridgehead atoms. The van der Waals surface area contributed by atoms with Crippen LogP contribution in [0, 0.1) is 0 Å². The quantitative estimate of drug-likeness (QED) is 0.0849. The van der Waals surface area contributed by atoms with Crippen LogP contribution in [0.2, 0.25) is 0 Å². The molecular weight excluding hydrogens is 1140 g/mol. The van der Waals surface area contributed by atoms with Crippen LogP contribution in [-0.2, 0) is 0 Å². The lowest BCUT2D eigenvalue weighted by atomic mass is 9.99. The molecule has 14 aromatic carbocycles. The van der Waals surface area contributed by atoms with Gasteiger partial charge in [-0.1, -0.05) is 243 Å². The minimum atomic E-state index is 1.08. The Balaban J connectivity index is 0.627. The molecule has 0 unspecified atom stereocenters. The smallest absolute Gasteiger partial charge is 0.0462 e. The van der Waals surface area contributed by atoms with Crippen LogP contribution in [0.3, 0.4) is 0 Å². The summed E-state index contributed by atoms with van der Waals surface area (Å²) in [6, 6.07) is 133. The predicted molar refractivity (Wildman–Crippen MR) is 399 cm³/mol. The monoisotopic (exact) mass is 1200 g/mol. The van der Waals surface area contributed by atoms with Gasteiger partial charge in [-0.25, -0.2) is 0 Å². The molecule has 0 atom stereocenters. The van der Waals surface area contributed by atoms with Crippen LogP contribution in [0.1, 0.15) is 18.4 Å². The number of para-hydroxylation sites is 4. The first-order valence-electron chi connectivity index (χ1n) is 32.4. The van der Waals surface area contributed by atoms with E-state index in [2.05, 4.69) is 408 Å². The molecule has 0 radical (unpaired) electrons. The van der Waals surface area contributed by atoms with Gasteiger partial charge in [-0.2, -0.15) is 0 Å². The molecule has 0 aromatic heterocycles. The van der Waals surface area contributed by atoms with Gasteiger partial charge in [0.15, 0.2) is 0 Å². The number of rotatable bonds is 18. The Labute approximate surface area is 552 Å². The Bertz CT molecular complexity index is 4830. The van der Waals surface area contributed by atoms with Crippen LogP contribution >= 0.6 is 0 Å². The molecule has 0 saturated heterocycles. The molecule has 0 heterocycles. The van der Waals surface area contributed by atoms with Crippen LogP contribution in [-0.4, -0.2) is 0 Å². The first-order chi connectivity index (χ1) is 46.6. The van der Waals surface area contributed by atoms with E-state index in [1.807, 2.05) is 0 Å². The second-order valence-corrected chi connectivity index (χ2v) is 23.6. The van der Waals surface area contributed by atoms with Crippen molar-refractivity contribution in [3.63, 3.8) is 0 Å². The van der Waals surface area contributed by atoms with E-state index >= 15 is 0 Å². The van der Waals surface area contributed by atoms with Gasteiger partial charge in [0.1, 0.15) is 0 Å². The molecule has 0 saturated carbocycles. The molecule has 0 spiro atoms. The third kappa shape index (κ3) is 12.7. The predicted octanol–water partition coefficient (Wildman–Crippen LogP) is 25.6. The fourth-order valence-corrected chi connectivity index (χ4v) is 12.8. The van der Waals surface area contributed by atoms with Gasteiger partial charge >= 0.3 is 0 Å². The molecule has 4 nitrogen and oxygen atoms in total. The van der Waals surface area contributed by atoms with E-state index in [1.54, 1.807) is 0 Å². The maximum absolute atomic E-state index is 2.33. The SMILES string of the molecule is C1=CC(c2ccc(N(c3ccccc3)c3ccc(-c4ccc(N(c5ccccc5)c5ccc(-c6ccc(-c7ccc(N(c8ccccc8)c8ccc(-c9ccc(N(c%10ccccc%10)c%10ccc(-c%11ccccc%11)cc%10)cc9)cc8)cc7)cc6)cc5)cc4)cc3)cc2)=CCC1. The highest BCUT2D eigenvalue weighted by Crippen LogP contribution is 2.43. The number of benzene rings is 14. The minimum absolute atomic E-state index is 1.08. The number of allylic oxidation sites excluding steroid dienone is 4. The van der Waals surface area contributed by atoms with Gasteiger partial charge in [-0.15, -0.1) is 0 Å².